The molecule has 3 heterocycles. The van der Waals surface area contributed by atoms with E-state index in [0.717, 1.165) is 60.7 Å². The largest absolute Gasteiger partial charge is 0.497 e. The Kier molecular flexibility index (Phi) is 7.04. The van der Waals surface area contributed by atoms with Gasteiger partial charge in [-0.2, -0.15) is 0 Å². The number of hydrogen-bond donors (Lipinski definition) is 1. The van der Waals surface area contributed by atoms with Gasteiger partial charge in [-0.05, 0) is 88.5 Å². The van der Waals surface area contributed by atoms with Gasteiger partial charge in [0.2, 0.25) is 0 Å². The first-order valence-corrected chi connectivity index (χ1v) is 13.4. The number of aryl methyl sites for hydroxylation is 2. The van der Waals surface area contributed by atoms with Crippen molar-refractivity contribution in [2.75, 3.05) is 46.2 Å². The van der Waals surface area contributed by atoms with Gasteiger partial charge < -0.3 is 15.0 Å². The fourth-order valence-electron chi connectivity index (χ4n) is 5.30. The number of anilines is 1. The molecule has 2 aromatic heterocycles. The molecular formula is C27H37N5OS. The zero-order chi connectivity index (χ0) is 23.7. The maximum absolute atomic E-state index is 5.48. The summed E-state index contributed by atoms with van der Waals surface area (Å²) in [6, 6.07) is 8.58. The summed E-state index contributed by atoms with van der Waals surface area (Å²) >= 11 is 1.88. The lowest BCUT2D eigenvalue weighted by atomic mass is 9.99. The Morgan fingerprint density at radius 1 is 1.21 bits per heavy atom. The molecule has 0 amide bonds. The zero-order valence-corrected chi connectivity index (χ0v) is 21.7. The lowest BCUT2D eigenvalue weighted by Crippen LogP contribution is -2.33. The summed E-state index contributed by atoms with van der Waals surface area (Å²) in [4.78, 5) is 17.6. The van der Waals surface area contributed by atoms with Crippen LogP contribution in [0.2, 0.25) is 0 Å². The first kappa shape index (κ1) is 23.5. The first-order chi connectivity index (χ1) is 16.5. The predicted molar refractivity (Wildman–Crippen MR) is 141 cm³/mol. The van der Waals surface area contributed by atoms with Gasteiger partial charge in [0.15, 0.2) is 0 Å². The molecule has 2 aliphatic rings. The lowest BCUT2D eigenvalue weighted by Gasteiger charge is -2.29. The highest BCUT2D eigenvalue weighted by Gasteiger charge is 2.24. The van der Waals surface area contributed by atoms with E-state index in [1.165, 1.54) is 47.1 Å². The monoisotopic (exact) mass is 479 g/mol. The average Bonchev–Trinajstić information content (AvgIpc) is 3.42. The van der Waals surface area contributed by atoms with Gasteiger partial charge in [0.1, 0.15) is 22.2 Å². The van der Waals surface area contributed by atoms with Crippen LogP contribution in [0.1, 0.15) is 54.1 Å². The summed E-state index contributed by atoms with van der Waals surface area (Å²) < 4.78 is 5.48. The van der Waals surface area contributed by atoms with E-state index in [4.69, 9.17) is 14.7 Å². The van der Waals surface area contributed by atoms with Crippen LogP contribution >= 0.6 is 11.3 Å². The van der Waals surface area contributed by atoms with Gasteiger partial charge >= 0.3 is 0 Å². The van der Waals surface area contributed by atoms with Gasteiger partial charge in [-0.25, -0.2) is 9.97 Å². The number of thiophene rings is 1. The van der Waals surface area contributed by atoms with Crippen molar-refractivity contribution < 1.29 is 4.74 Å². The third kappa shape index (κ3) is 4.92. The van der Waals surface area contributed by atoms with Crippen molar-refractivity contribution in [1.29, 1.82) is 0 Å². The number of likely N-dealkylation sites (N-methyl/N-ethyl adjacent to an activating group) is 1. The number of methoxy groups -OCH3 is 1. The standard InChI is InChI=1S/C27H37N5OS/c1-18-11-13-32(14-12-18)17-24-29-26(25-21-9-6-10-23(21)34-27(25)30-24)28-16-22(31(2)3)19-7-5-8-20(15-19)33-4/h5,7-8,15,18,22H,6,9-14,16-17H2,1-4H3,(H,28,29,30)/t22-/m1/s1. The second-order valence-corrected chi connectivity index (χ2v) is 11.2. The number of rotatable bonds is 8. The van der Waals surface area contributed by atoms with E-state index in [-0.39, 0.29) is 6.04 Å². The number of ether oxygens (including phenoxy) is 1. The molecule has 0 radical (unpaired) electrons. The molecular weight excluding hydrogens is 442 g/mol. The van der Waals surface area contributed by atoms with Gasteiger partial charge in [0, 0.05) is 11.4 Å². The molecule has 1 aliphatic carbocycles. The molecule has 34 heavy (non-hydrogen) atoms. The molecule has 1 aromatic carbocycles. The third-order valence-corrected chi connectivity index (χ3v) is 8.60. The lowest BCUT2D eigenvalue weighted by molar-refractivity contribution is 0.181. The molecule has 6 nitrogen and oxygen atoms in total. The molecule has 1 aliphatic heterocycles. The molecule has 7 heteroatoms. The van der Waals surface area contributed by atoms with Gasteiger partial charge in [-0.15, -0.1) is 11.3 Å². The summed E-state index contributed by atoms with van der Waals surface area (Å²) in [6.07, 6.45) is 6.11. The quantitative estimate of drug-likeness (QED) is 0.483. The number of aromatic nitrogens is 2. The van der Waals surface area contributed by atoms with Crippen LogP contribution in [0.15, 0.2) is 24.3 Å². The Hall–Kier alpha value is -2.22. The Balaban J connectivity index is 1.43. The average molecular weight is 480 g/mol. The summed E-state index contributed by atoms with van der Waals surface area (Å²) in [5, 5.41) is 5.02. The minimum absolute atomic E-state index is 0.207. The Morgan fingerprint density at radius 3 is 2.79 bits per heavy atom. The van der Waals surface area contributed by atoms with E-state index in [2.05, 4.69) is 54.3 Å². The van der Waals surface area contributed by atoms with Crippen molar-refractivity contribution in [2.45, 2.75) is 51.6 Å². The summed E-state index contributed by atoms with van der Waals surface area (Å²) in [5.74, 6) is 3.69. The fraction of sp³-hybridized carbons (Fsp3) is 0.556. The summed E-state index contributed by atoms with van der Waals surface area (Å²) in [5.41, 5.74) is 2.71. The molecule has 0 unspecified atom stereocenters. The van der Waals surface area contributed by atoms with Crippen LogP contribution in [0, 0.1) is 5.92 Å². The highest BCUT2D eigenvalue weighted by Crippen LogP contribution is 2.40. The highest BCUT2D eigenvalue weighted by molar-refractivity contribution is 7.19. The second-order valence-electron chi connectivity index (χ2n) is 10.1. The number of hydrogen-bond acceptors (Lipinski definition) is 7. The van der Waals surface area contributed by atoms with Crippen molar-refractivity contribution in [3.63, 3.8) is 0 Å². The van der Waals surface area contributed by atoms with Gasteiger partial charge in [0.05, 0.1) is 25.1 Å². The molecule has 182 valence electrons. The van der Waals surface area contributed by atoms with Crippen LogP contribution in [-0.2, 0) is 19.4 Å². The van der Waals surface area contributed by atoms with Crippen LogP contribution < -0.4 is 10.1 Å². The van der Waals surface area contributed by atoms with E-state index < -0.39 is 0 Å². The van der Waals surface area contributed by atoms with Crippen LogP contribution in [0.4, 0.5) is 5.82 Å². The number of fused-ring (bicyclic) bond motifs is 3. The minimum Gasteiger partial charge on any atom is -0.497 e. The van der Waals surface area contributed by atoms with Gasteiger partial charge in [0.25, 0.3) is 0 Å². The summed E-state index contributed by atoms with van der Waals surface area (Å²) in [7, 11) is 5.99. The minimum atomic E-state index is 0.207. The topological polar surface area (TPSA) is 53.5 Å². The van der Waals surface area contributed by atoms with E-state index >= 15 is 0 Å². The molecule has 0 bridgehead atoms. The molecule has 0 spiro atoms. The second kappa shape index (κ2) is 10.2. The molecule has 1 saturated heterocycles. The van der Waals surface area contributed by atoms with E-state index in [9.17, 15) is 0 Å². The summed E-state index contributed by atoms with van der Waals surface area (Å²) in [6.45, 7) is 6.26. The van der Waals surface area contributed by atoms with Crippen molar-refractivity contribution in [3.05, 3.63) is 46.1 Å². The van der Waals surface area contributed by atoms with Crippen molar-refractivity contribution in [1.82, 2.24) is 19.8 Å². The fourth-order valence-corrected chi connectivity index (χ4v) is 6.58. The van der Waals surface area contributed by atoms with Crippen LogP contribution in [0.25, 0.3) is 10.2 Å². The SMILES string of the molecule is COc1cccc([C@@H](CNc2nc(CN3CCC(C)CC3)nc3sc4c(c23)CCC4)N(C)C)c1. The van der Waals surface area contributed by atoms with Gasteiger partial charge in [-0.1, -0.05) is 19.1 Å². The van der Waals surface area contributed by atoms with Gasteiger partial charge in [-0.3, -0.25) is 4.90 Å². The predicted octanol–water partition coefficient (Wildman–Crippen LogP) is 5.14. The Morgan fingerprint density at radius 2 is 2.03 bits per heavy atom. The van der Waals surface area contributed by atoms with E-state index in [0.29, 0.717) is 0 Å². The number of likely N-dealkylation sites (tertiary alicyclic amines) is 1. The highest BCUT2D eigenvalue weighted by atomic mass is 32.1. The molecule has 0 saturated carbocycles. The third-order valence-electron chi connectivity index (χ3n) is 7.42. The van der Waals surface area contributed by atoms with Crippen LogP contribution in [-0.4, -0.2) is 60.6 Å². The number of nitrogens with one attached hydrogen (secondary N) is 1. The number of piperidine rings is 1. The smallest absolute Gasteiger partial charge is 0.146 e. The zero-order valence-electron chi connectivity index (χ0n) is 20.9. The molecule has 1 fully saturated rings. The van der Waals surface area contributed by atoms with E-state index in [1.807, 2.05) is 17.4 Å². The molecule has 1 atom stereocenters. The van der Waals surface area contributed by atoms with Crippen molar-refractivity contribution >= 4 is 27.4 Å². The molecule has 5 rings (SSSR count). The Bertz CT molecular complexity index is 1140. The molecule has 1 N–H and O–H groups in total. The molecule has 3 aromatic rings. The maximum Gasteiger partial charge on any atom is 0.146 e. The van der Waals surface area contributed by atoms with Crippen molar-refractivity contribution in [3.8, 4) is 5.75 Å². The number of benzene rings is 1. The first-order valence-electron chi connectivity index (χ1n) is 12.6. The van der Waals surface area contributed by atoms with E-state index in [1.54, 1.807) is 7.11 Å². The number of nitrogens with zero attached hydrogens (tertiary/aromatic N) is 4. The normalized spacial score (nSPS) is 17.9. The maximum atomic E-state index is 5.48. The van der Waals surface area contributed by atoms with Crippen LogP contribution in [0.5, 0.6) is 5.75 Å². The Labute approximate surface area is 207 Å². The van der Waals surface area contributed by atoms with Crippen LogP contribution in [0.3, 0.4) is 0 Å². The van der Waals surface area contributed by atoms with Crippen molar-refractivity contribution in [2.24, 2.45) is 5.92 Å².